The van der Waals surface area contributed by atoms with E-state index in [1.807, 2.05) is 0 Å². The molecule has 0 aliphatic heterocycles. The fourth-order valence-corrected chi connectivity index (χ4v) is 1.51. The van der Waals surface area contributed by atoms with E-state index in [0.29, 0.717) is 22.9 Å². The first kappa shape index (κ1) is 13.8. The predicted molar refractivity (Wildman–Crippen MR) is 64.8 cm³/mol. The molecular formula is C12H15ClO4. The van der Waals surface area contributed by atoms with E-state index in [-0.39, 0.29) is 6.10 Å². The highest BCUT2D eigenvalue weighted by Crippen LogP contribution is 2.24. The smallest absolute Gasteiger partial charge is 0.342 e. The first-order valence-electron chi connectivity index (χ1n) is 5.12. The van der Waals surface area contributed by atoms with Gasteiger partial charge >= 0.3 is 5.97 Å². The summed E-state index contributed by atoms with van der Waals surface area (Å²) in [5.41, 5.74) is 0.347. The van der Waals surface area contributed by atoms with Gasteiger partial charge in [0.2, 0.25) is 0 Å². The zero-order valence-electron chi connectivity index (χ0n) is 10.0. The summed E-state index contributed by atoms with van der Waals surface area (Å²) in [6.45, 7) is 2.10. The highest BCUT2D eigenvalue weighted by Gasteiger charge is 2.16. The number of methoxy groups -OCH3 is 2. The molecule has 0 heterocycles. The van der Waals surface area contributed by atoms with Crippen LogP contribution in [0.1, 0.15) is 17.3 Å². The van der Waals surface area contributed by atoms with Crippen molar-refractivity contribution in [1.82, 2.24) is 0 Å². The van der Waals surface area contributed by atoms with Crippen molar-refractivity contribution in [2.75, 3.05) is 20.8 Å². The summed E-state index contributed by atoms with van der Waals surface area (Å²) in [6, 6.07) is 4.75. The Morgan fingerprint density at radius 2 is 2.12 bits per heavy atom. The molecular weight excluding hydrogens is 244 g/mol. The number of benzene rings is 1. The summed E-state index contributed by atoms with van der Waals surface area (Å²) in [6.07, 6.45) is -0.312. The van der Waals surface area contributed by atoms with Crippen molar-refractivity contribution in [3.8, 4) is 5.75 Å². The Kier molecular flexibility index (Phi) is 5.25. The molecule has 0 amide bonds. The van der Waals surface area contributed by atoms with Gasteiger partial charge in [-0.25, -0.2) is 4.79 Å². The van der Waals surface area contributed by atoms with Crippen LogP contribution in [0.2, 0.25) is 5.02 Å². The lowest BCUT2D eigenvalue weighted by Crippen LogP contribution is -2.20. The van der Waals surface area contributed by atoms with Crippen LogP contribution >= 0.6 is 11.6 Å². The van der Waals surface area contributed by atoms with Crippen LogP contribution < -0.4 is 4.74 Å². The third-order valence-corrected chi connectivity index (χ3v) is 2.33. The van der Waals surface area contributed by atoms with E-state index in [1.165, 1.54) is 7.11 Å². The number of halogens is 1. The minimum Gasteiger partial charge on any atom is -0.496 e. The van der Waals surface area contributed by atoms with E-state index in [1.54, 1.807) is 32.2 Å². The van der Waals surface area contributed by atoms with Gasteiger partial charge in [-0.3, -0.25) is 0 Å². The van der Waals surface area contributed by atoms with Crippen LogP contribution in [0, 0.1) is 0 Å². The molecule has 0 unspecified atom stereocenters. The Morgan fingerprint density at radius 1 is 1.41 bits per heavy atom. The summed E-state index contributed by atoms with van der Waals surface area (Å²) in [5, 5.41) is 0.503. The molecule has 0 N–H and O–H groups in total. The summed E-state index contributed by atoms with van der Waals surface area (Å²) in [7, 11) is 3.02. The minimum absolute atomic E-state index is 0.312. The van der Waals surface area contributed by atoms with Crippen molar-refractivity contribution >= 4 is 17.6 Å². The van der Waals surface area contributed by atoms with Crippen molar-refractivity contribution in [3.05, 3.63) is 28.8 Å². The molecule has 1 atom stereocenters. The average molecular weight is 259 g/mol. The van der Waals surface area contributed by atoms with E-state index < -0.39 is 5.97 Å². The second-order valence-electron chi connectivity index (χ2n) is 3.52. The molecule has 17 heavy (non-hydrogen) atoms. The Bertz CT molecular complexity index is 392. The van der Waals surface area contributed by atoms with Gasteiger partial charge in [0, 0.05) is 12.1 Å². The van der Waals surface area contributed by atoms with Crippen molar-refractivity contribution in [2.45, 2.75) is 13.0 Å². The molecule has 5 heteroatoms. The van der Waals surface area contributed by atoms with Gasteiger partial charge in [0.05, 0.1) is 13.7 Å². The lowest BCUT2D eigenvalue weighted by molar-refractivity contribution is 0.0117. The van der Waals surface area contributed by atoms with Gasteiger partial charge in [-0.2, -0.15) is 0 Å². The number of hydrogen-bond acceptors (Lipinski definition) is 4. The Morgan fingerprint density at radius 3 is 2.71 bits per heavy atom. The van der Waals surface area contributed by atoms with Crippen LogP contribution in [0.15, 0.2) is 18.2 Å². The maximum absolute atomic E-state index is 11.8. The van der Waals surface area contributed by atoms with Gasteiger partial charge in [-0.15, -0.1) is 0 Å². The predicted octanol–water partition coefficient (Wildman–Crippen LogP) is 2.54. The fourth-order valence-electron chi connectivity index (χ4n) is 1.35. The number of hydrogen-bond donors (Lipinski definition) is 0. The molecule has 4 nitrogen and oxygen atoms in total. The Labute approximate surface area is 105 Å². The second kappa shape index (κ2) is 6.47. The average Bonchev–Trinajstić information content (AvgIpc) is 2.28. The molecule has 0 aromatic heterocycles. The van der Waals surface area contributed by atoms with Gasteiger partial charge in [-0.05, 0) is 25.1 Å². The standard InChI is InChI=1S/C12H15ClO4/c1-8(7-15-2)17-12(14)10-5-4-9(13)6-11(10)16-3/h4-6,8H,7H2,1-3H3/t8-/m1/s1. The van der Waals surface area contributed by atoms with Crippen LogP contribution in [-0.4, -0.2) is 32.9 Å². The molecule has 0 radical (unpaired) electrons. The van der Waals surface area contributed by atoms with Crippen molar-refractivity contribution in [2.24, 2.45) is 0 Å². The van der Waals surface area contributed by atoms with Gasteiger partial charge < -0.3 is 14.2 Å². The Balaban J connectivity index is 2.81. The largest absolute Gasteiger partial charge is 0.496 e. The third kappa shape index (κ3) is 3.91. The molecule has 1 aromatic carbocycles. The van der Waals surface area contributed by atoms with E-state index in [4.69, 9.17) is 25.8 Å². The Hall–Kier alpha value is -1.26. The topological polar surface area (TPSA) is 44.8 Å². The number of carbonyl (C=O) groups is 1. The molecule has 1 aromatic rings. The maximum atomic E-state index is 11.8. The van der Waals surface area contributed by atoms with Gasteiger partial charge in [0.25, 0.3) is 0 Å². The van der Waals surface area contributed by atoms with Crippen molar-refractivity contribution in [3.63, 3.8) is 0 Å². The lowest BCUT2D eigenvalue weighted by Gasteiger charge is -2.13. The summed E-state index contributed by atoms with van der Waals surface area (Å²) in [5.74, 6) is -0.0600. The first-order chi connectivity index (χ1) is 8.08. The van der Waals surface area contributed by atoms with Crippen molar-refractivity contribution < 1.29 is 19.0 Å². The quantitative estimate of drug-likeness (QED) is 0.762. The van der Waals surface area contributed by atoms with Crippen molar-refractivity contribution in [1.29, 1.82) is 0 Å². The fraction of sp³-hybridized carbons (Fsp3) is 0.417. The first-order valence-corrected chi connectivity index (χ1v) is 5.49. The second-order valence-corrected chi connectivity index (χ2v) is 3.95. The lowest BCUT2D eigenvalue weighted by atomic mass is 10.2. The molecule has 0 aliphatic rings. The molecule has 0 fully saturated rings. The zero-order valence-corrected chi connectivity index (χ0v) is 10.8. The summed E-state index contributed by atoms with van der Waals surface area (Å²) in [4.78, 5) is 11.8. The number of esters is 1. The van der Waals surface area contributed by atoms with E-state index in [0.717, 1.165) is 0 Å². The molecule has 0 saturated carbocycles. The SMILES string of the molecule is COC[C@@H](C)OC(=O)c1ccc(Cl)cc1OC. The van der Waals surface area contributed by atoms with Crippen LogP contribution in [0.5, 0.6) is 5.75 Å². The van der Waals surface area contributed by atoms with Crippen LogP contribution in [0.3, 0.4) is 0 Å². The molecule has 1 rings (SSSR count). The molecule has 0 bridgehead atoms. The van der Waals surface area contributed by atoms with Gasteiger partial charge in [0.1, 0.15) is 17.4 Å². The number of carbonyl (C=O) groups excluding carboxylic acids is 1. The van der Waals surface area contributed by atoms with Crippen LogP contribution in [0.25, 0.3) is 0 Å². The third-order valence-electron chi connectivity index (χ3n) is 2.09. The number of rotatable bonds is 5. The van der Waals surface area contributed by atoms with Crippen LogP contribution in [0.4, 0.5) is 0 Å². The highest BCUT2D eigenvalue weighted by molar-refractivity contribution is 6.30. The number of ether oxygens (including phenoxy) is 3. The monoisotopic (exact) mass is 258 g/mol. The molecule has 0 spiro atoms. The molecule has 0 saturated heterocycles. The summed E-state index contributed by atoms with van der Waals surface area (Å²) < 4.78 is 15.1. The summed E-state index contributed by atoms with van der Waals surface area (Å²) >= 11 is 5.80. The van der Waals surface area contributed by atoms with E-state index in [9.17, 15) is 4.79 Å². The normalized spacial score (nSPS) is 12.0. The maximum Gasteiger partial charge on any atom is 0.342 e. The van der Waals surface area contributed by atoms with Gasteiger partial charge in [0.15, 0.2) is 0 Å². The molecule has 0 aliphatic carbocycles. The zero-order chi connectivity index (χ0) is 12.8. The van der Waals surface area contributed by atoms with E-state index >= 15 is 0 Å². The minimum atomic E-state index is -0.455. The van der Waals surface area contributed by atoms with Crippen LogP contribution in [-0.2, 0) is 9.47 Å². The van der Waals surface area contributed by atoms with E-state index in [2.05, 4.69) is 0 Å². The highest BCUT2D eigenvalue weighted by atomic mass is 35.5. The molecule has 94 valence electrons. The van der Waals surface area contributed by atoms with Gasteiger partial charge in [-0.1, -0.05) is 11.6 Å².